The number of nitrogens with one attached hydrogen (secondary N) is 2. The number of halogens is 1. The van der Waals surface area contributed by atoms with Gasteiger partial charge in [-0.1, -0.05) is 0 Å². The van der Waals surface area contributed by atoms with Crippen molar-refractivity contribution in [3.63, 3.8) is 0 Å². The van der Waals surface area contributed by atoms with Crippen molar-refractivity contribution in [3.05, 3.63) is 35.1 Å². The number of fused-ring (bicyclic) bond motifs is 1. The predicted octanol–water partition coefficient (Wildman–Crippen LogP) is 1.43. The zero-order valence-corrected chi connectivity index (χ0v) is 13.8. The van der Waals surface area contributed by atoms with Crippen LogP contribution in [0.5, 0.6) is 0 Å². The van der Waals surface area contributed by atoms with Crippen molar-refractivity contribution in [3.8, 4) is 0 Å². The van der Waals surface area contributed by atoms with E-state index in [0.29, 0.717) is 36.4 Å². The first-order chi connectivity index (χ1) is 12.0. The molecule has 1 aliphatic heterocycles. The normalized spacial score (nSPS) is 14.5. The van der Waals surface area contributed by atoms with E-state index in [1.54, 1.807) is 13.0 Å². The number of amides is 2. The average molecular weight is 346 g/mol. The minimum Gasteiger partial charge on any atom is -0.465 e. The van der Waals surface area contributed by atoms with Gasteiger partial charge in [-0.05, 0) is 37.1 Å². The molecule has 8 heteroatoms. The third-order valence-electron chi connectivity index (χ3n) is 4.24. The van der Waals surface area contributed by atoms with Gasteiger partial charge in [-0.25, -0.2) is 14.2 Å². The molecule has 2 aromatic rings. The summed E-state index contributed by atoms with van der Waals surface area (Å²) in [4.78, 5) is 28.9. The summed E-state index contributed by atoms with van der Waals surface area (Å²) in [6.07, 6.45) is -0.662. The second-order valence-corrected chi connectivity index (χ2v) is 5.97. The van der Waals surface area contributed by atoms with Crippen molar-refractivity contribution in [2.75, 3.05) is 31.1 Å². The summed E-state index contributed by atoms with van der Waals surface area (Å²) >= 11 is 0. The van der Waals surface area contributed by atoms with E-state index in [-0.39, 0.29) is 24.8 Å². The molecule has 7 nitrogen and oxygen atoms in total. The molecule has 1 fully saturated rings. The second kappa shape index (κ2) is 6.92. The fraction of sp³-hybridized carbons (Fsp3) is 0.353. The molecule has 1 aromatic carbocycles. The first-order valence-electron chi connectivity index (χ1n) is 8.03. The SMILES string of the molecule is Cc1c(F)ccc2cc(CCNC(=O)O)c(N3CCNC(=O)C3)nc12. The van der Waals surface area contributed by atoms with Crippen LogP contribution in [0.25, 0.3) is 10.9 Å². The number of carboxylic acid groups (broad SMARTS) is 1. The smallest absolute Gasteiger partial charge is 0.404 e. The van der Waals surface area contributed by atoms with Gasteiger partial charge in [-0.3, -0.25) is 4.79 Å². The maximum atomic E-state index is 13.9. The fourth-order valence-corrected chi connectivity index (χ4v) is 2.97. The van der Waals surface area contributed by atoms with Crippen molar-refractivity contribution in [1.29, 1.82) is 0 Å². The van der Waals surface area contributed by atoms with Crippen molar-refractivity contribution < 1.29 is 19.1 Å². The highest BCUT2D eigenvalue weighted by Crippen LogP contribution is 2.27. The number of carbonyl (C=O) groups is 2. The van der Waals surface area contributed by atoms with Crippen molar-refractivity contribution in [1.82, 2.24) is 15.6 Å². The van der Waals surface area contributed by atoms with Crippen LogP contribution in [-0.4, -0.2) is 48.3 Å². The minimum absolute atomic E-state index is 0.0984. The van der Waals surface area contributed by atoms with Crippen LogP contribution in [-0.2, 0) is 11.2 Å². The standard InChI is InChI=1S/C17H19FN4O3/c1-10-13(18)3-2-11-8-12(4-5-20-17(24)25)16(21-15(10)11)22-7-6-19-14(23)9-22/h2-3,8,20H,4-7,9H2,1H3,(H,19,23)(H,24,25). The molecule has 3 N–H and O–H groups in total. The Morgan fingerprint density at radius 2 is 2.28 bits per heavy atom. The molecule has 0 saturated carbocycles. The first kappa shape index (κ1) is 16.9. The number of carbonyl (C=O) groups excluding carboxylic acids is 1. The topological polar surface area (TPSA) is 94.6 Å². The number of pyridine rings is 1. The van der Waals surface area contributed by atoms with E-state index < -0.39 is 6.09 Å². The van der Waals surface area contributed by atoms with Crippen LogP contribution in [0.1, 0.15) is 11.1 Å². The van der Waals surface area contributed by atoms with E-state index in [2.05, 4.69) is 15.6 Å². The highest BCUT2D eigenvalue weighted by Gasteiger charge is 2.21. The Morgan fingerprint density at radius 1 is 1.48 bits per heavy atom. The summed E-state index contributed by atoms with van der Waals surface area (Å²) < 4.78 is 13.9. The number of aromatic nitrogens is 1. The lowest BCUT2D eigenvalue weighted by atomic mass is 10.0. The van der Waals surface area contributed by atoms with E-state index in [4.69, 9.17) is 5.11 Å². The molecule has 1 aromatic heterocycles. The van der Waals surface area contributed by atoms with Crippen LogP contribution in [0.4, 0.5) is 15.0 Å². The molecule has 0 bridgehead atoms. The summed E-state index contributed by atoms with van der Waals surface area (Å²) in [6, 6.07) is 4.94. The Kier molecular flexibility index (Phi) is 4.69. The number of piperazine rings is 1. The lowest BCUT2D eigenvalue weighted by molar-refractivity contribution is -0.120. The molecular formula is C17H19FN4O3. The van der Waals surface area contributed by atoms with Crippen LogP contribution in [0.2, 0.25) is 0 Å². The largest absolute Gasteiger partial charge is 0.465 e. The quantitative estimate of drug-likeness (QED) is 0.778. The fourth-order valence-electron chi connectivity index (χ4n) is 2.97. The maximum absolute atomic E-state index is 13.9. The van der Waals surface area contributed by atoms with Gasteiger partial charge in [-0.2, -0.15) is 0 Å². The molecule has 25 heavy (non-hydrogen) atoms. The van der Waals surface area contributed by atoms with E-state index in [1.807, 2.05) is 11.0 Å². The maximum Gasteiger partial charge on any atom is 0.404 e. The summed E-state index contributed by atoms with van der Waals surface area (Å²) in [5.41, 5.74) is 1.83. The Labute approximate surface area is 143 Å². The van der Waals surface area contributed by atoms with Crippen LogP contribution >= 0.6 is 0 Å². The summed E-state index contributed by atoms with van der Waals surface area (Å²) in [7, 11) is 0. The van der Waals surface area contributed by atoms with E-state index in [9.17, 15) is 14.0 Å². The van der Waals surface area contributed by atoms with Crippen molar-refractivity contribution >= 4 is 28.7 Å². The Morgan fingerprint density at radius 3 is 3.00 bits per heavy atom. The van der Waals surface area contributed by atoms with Crippen LogP contribution < -0.4 is 15.5 Å². The van der Waals surface area contributed by atoms with Gasteiger partial charge in [0.1, 0.15) is 11.6 Å². The third-order valence-corrected chi connectivity index (χ3v) is 4.24. The van der Waals surface area contributed by atoms with E-state index in [1.165, 1.54) is 6.07 Å². The summed E-state index contributed by atoms with van der Waals surface area (Å²) in [5, 5.41) is 14.6. The summed E-state index contributed by atoms with van der Waals surface area (Å²) in [5.74, 6) is 0.171. The Balaban J connectivity index is 2.03. The number of hydrogen-bond acceptors (Lipinski definition) is 4. The number of anilines is 1. The second-order valence-electron chi connectivity index (χ2n) is 5.97. The highest BCUT2D eigenvalue weighted by atomic mass is 19.1. The molecule has 0 radical (unpaired) electrons. The lowest BCUT2D eigenvalue weighted by Gasteiger charge is -2.29. The number of benzene rings is 1. The summed E-state index contributed by atoms with van der Waals surface area (Å²) in [6.45, 7) is 3.18. The molecule has 1 saturated heterocycles. The van der Waals surface area contributed by atoms with Gasteiger partial charge in [0.2, 0.25) is 5.91 Å². The Hall–Kier alpha value is -2.90. The molecule has 132 valence electrons. The van der Waals surface area contributed by atoms with Crippen molar-refractivity contribution in [2.24, 2.45) is 0 Å². The third kappa shape index (κ3) is 3.62. The zero-order chi connectivity index (χ0) is 18.0. The molecule has 0 aliphatic carbocycles. The number of hydrogen-bond donors (Lipinski definition) is 3. The minimum atomic E-state index is -1.09. The number of aryl methyl sites for hydroxylation is 1. The highest BCUT2D eigenvalue weighted by molar-refractivity contribution is 5.87. The molecule has 2 heterocycles. The van der Waals surface area contributed by atoms with Gasteiger partial charge < -0.3 is 20.6 Å². The molecular weight excluding hydrogens is 327 g/mol. The Bertz CT molecular complexity index is 840. The van der Waals surface area contributed by atoms with Crippen molar-refractivity contribution in [2.45, 2.75) is 13.3 Å². The van der Waals surface area contributed by atoms with Gasteiger partial charge in [0.15, 0.2) is 0 Å². The molecule has 0 spiro atoms. The van der Waals surface area contributed by atoms with Gasteiger partial charge in [0.05, 0.1) is 12.1 Å². The molecule has 2 amide bonds. The van der Waals surface area contributed by atoms with Crippen LogP contribution in [0.3, 0.4) is 0 Å². The number of rotatable bonds is 4. The molecule has 0 atom stereocenters. The van der Waals surface area contributed by atoms with E-state index in [0.717, 1.165) is 10.9 Å². The zero-order valence-electron chi connectivity index (χ0n) is 13.8. The first-order valence-corrected chi connectivity index (χ1v) is 8.03. The van der Waals surface area contributed by atoms with Gasteiger partial charge in [0, 0.05) is 30.6 Å². The molecule has 0 unspecified atom stereocenters. The van der Waals surface area contributed by atoms with Crippen LogP contribution in [0.15, 0.2) is 18.2 Å². The van der Waals surface area contributed by atoms with Gasteiger partial charge in [0.25, 0.3) is 0 Å². The molecule has 1 aliphatic rings. The van der Waals surface area contributed by atoms with Crippen LogP contribution in [0, 0.1) is 12.7 Å². The average Bonchev–Trinajstić information content (AvgIpc) is 2.57. The predicted molar refractivity (Wildman–Crippen MR) is 91.4 cm³/mol. The monoisotopic (exact) mass is 346 g/mol. The lowest BCUT2D eigenvalue weighted by Crippen LogP contribution is -2.48. The van der Waals surface area contributed by atoms with Gasteiger partial charge >= 0.3 is 6.09 Å². The number of nitrogens with zero attached hydrogens (tertiary/aromatic N) is 2. The van der Waals surface area contributed by atoms with E-state index >= 15 is 0 Å². The van der Waals surface area contributed by atoms with Gasteiger partial charge in [-0.15, -0.1) is 0 Å². The molecule has 3 rings (SSSR count).